The van der Waals surface area contributed by atoms with E-state index in [1.807, 2.05) is 0 Å². The molecule has 12 heteroatoms. The van der Waals surface area contributed by atoms with Crippen LogP contribution in [-0.4, -0.2) is 17.5 Å². The van der Waals surface area contributed by atoms with E-state index in [-0.39, 0.29) is 18.7 Å². The van der Waals surface area contributed by atoms with Crippen LogP contribution in [0.3, 0.4) is 0 Å². The quantitative estimate of drug-likeness (QED) is 0.238. The third-order valence-electron chi connectivity index (χ3n) is 2.41. The Hall–Kier alpha value is -1.62. The third-order valence-corrected chi connectivity index (χ3v) is 3.97. The van der Waals surface area contributed by atoms with Gasteiger partial charge in [-0.1, -0.05) is 19.4 Å². The van der Waals surface area contributed by atoms with Crippen molar-refractivity contribution in [2.45, 2.75) is 17.2 Å². The van der Waals surface area contributed by atoms with Crippen molar-refractivity contribution in [3.63, 3.8) is 0 Å². The maximum atomic E-state index is 12.7. The first-order chi connectivity index (χ1) is 9.67. The number of ether oxygens (including phenoxy) is 1. The smallest absolute Gasteiger partial charge is 0.328 e. The van der Waals surface area contributed by atoms with Crippen molar-refractivity contribution < 1.29 is 33.9 Å². The molecule has 0 aliphatic rings. The van der Waals surface area contributed by atoms with Gasteiger partial charge in [0.25, 0.3) is 5.69 Å². The molecule has 22 heavy (non-hydrogen) atoms. The molecule has 5 nitrogen and oxygen atoms in total. The molecule has 1 atom stereocenters. The maximum absolute atomic E-state index is 12.7. The second-order valence-corrected chi connectivity index (χ2v) is 6.91. The molecule has 0 bridgehead atoms. The van der Waals surface area contributed by atoms with Gasteiger partial charge in [-0.15, -0.1) is 11.6 Å². The monoisotopic (exact) mass is 369 g/mol. The number of hydrogen-bond donors (Lipinski definition) is 0. The molecule has 0 fully saturated rings. The van der Waals surface area contributed by atoms with Crippen molar-refractivity contribution in [2.24, 2.45) is 0 Å². The van der Waals surface area contributed by atoms with Crippen molar-refractivity contribution >= 4 is 33.5 Å². The zero-order valence-electron chi connectivity index (χ0n) is 10.8. The number of alkyl halides is 1. The van der Waals surface area contributed by atoms with Crippen LogP contribution in [0.15, 0.2) is 23.1 Å². The summed E-state index contributed by atoms with van der Waals surface area (Å²) in [5, 5.41) is 8.99. The van der Waals surface area contributed by atoms with E-state index < -0.39 is 42.6 Å². The number of carbonyl (C=O) groups is 1. The average molecular weight is 370 g/mol. The molecule has 0 radical (unpaired) electrons. The second-order valence-electron chi connectivity index (χ2n) is 4.06. The minimum absolute atomic E-state index is 0.0570. The molecule has 0 aromatic heterocycles. The molecule has 0 saturated carbocycles. The van der Waals surface area contributed by atoms with Crippen LogP contribution in [0.2, 0.25) is 0 Å². The summed E-state index contributed by atoms with van der Waals surface area (Å²) in [6, 6.07) is -0.0378. The molecule has 126 valence electrons. The van der Waals surface area contributed by atoms with Crippen LogP contribution in [0.1, 0.15) is 17.9 Å². The molecule has 0 aliphatic heterocycles. The Morgan fingerprint density at radius 2 is 1.91 bits per heavy atom. The highest BCUT2D eigenvalue weighted by molar-refractivity contribution is 8.45. The number of esters is 1. The van der Waals surface area contributed by atoms with E-state index >= 15 is 0 Å². The number of benzene rings is 1. The summed E-state index contributed by atoms with van der Waals surface area (Å²) in [7, 11) is -10.1. The van der Waals surface area contributed by atoms with Crippen LogP contribution in [0.4, 0.5) is 25.1 Å². The van der Waals surface area contributed by atoms with Crippen LogP contribution < -0.4 is 0 Å². The van der Waals surface area contributed by atoms with Gasteiger partial charge in [-0.2, -0.15) is 0 Å². The number of hydrogen-bond acceptors (Lipinski definition) is 4. The Bertz CT molecular complexity index is 636. The number of nitrogens with zero attached hydrogens (tertiary/aromatic N) is 1. The van der Waals surface area contributed by atoms with E-state index in [0.29, 0.717) is 6.07 Å². The fourth-order valence-corrected chi connectivity index (χ4v) is 2.39. The van der Waals surface area contributed by atoms with Gasteiger partial charge in [0.15, 0.2) is 5.38 Å². The number of rotatable bonds is 5. The molecule has 0 amide bonds. The molecular formula is C10H9ClF5NO4S. The van der Waals surface area contributed by atoms with Crippen molar-refractivity contribution in [3.05, 3.63) is 33.9 Å². The first-order valence-corrected chi connectivity index (χ1v) is 7.89. The van der Waals surface area contributed by atoms with E-state index in [0.717, 1.165) is 0 Å². The SMILES string of the molecule is CCOC(=O)[C@@H](Cl)c1ccc(S(F)(F)(F)(F)F)cc1[N+](=O)[O-]. The molecule has 0 saturated heterocycles. The molecule has 0 unspecified atom stereocenters. The first-order valence-electron chi connectivity index (χ1n) is 5.50. The lowest BCUT2D eigenvalue weighted by Gasteiger charge is -2.40. The van der Waals surface area contributed by atoms with Crippen LogP contribution >= 0.6 is 21.8 Å². The summed E-state index contributed by atoms with van der Waals surface area (Å²) < 4.78 is 67.8. The van der Waals surface area contributed by atoms with Gasteiger partial charge < -0.3 is 4.74 Å². The van der Waals surface area contributed by atoms with Crippen molar-refractivity contribution in [1.82, 2.24) is 0 Å². The van der Waals surface area contributed by atoms with E-state index in [1.165, 1.54) is 6.92 Å². The Balaban J connectivity index is 3.47. The third kappa shape index (κ3) is 4.19. The van der Waals surface area contributed by atoms with Crippen LogP contribution in [0.25, 0.3) is 0 Å². The molecule has 0 N–H and O–H groups in total. The van der Waals surface area contributed by atoms with E-state index in [1.54, 1.807) is 0 Å². The zero-order valence-corrected chi connectivity index (χ0v) is 12.3. The van der Waals surface area contributed by atoms with Crippen molar-refractivity contribution in [1.29, 1.82) is 0 Å². The van der Waals surface area contributed by atoms with Gasteiger partial charge in [0, 0.05) is 6.07 Å². The lowest BCUT2D eigenvalue weighted by Crippen LogP contribution is -2.14. The summed E-state index contributed by atoms with van der Waals surface area (Å²) >= 11 is 5.58. The molecule has 0 heterocycles. The summed E-state index contributed by atoms with van der Waals surface area (Å²) in [6.07, 6.45) is 0. The number of nitro groups is 1. The second kappa shape index (κ2) is 4.95. The van der Waals surface area contributed by atoms with Gasteiger partial charge in [0.1, 0.15) is 4.90 Å². The molecule has 0 spiro atoms. The number of halogens is 6. The summed E-state index contributed by atoms with van der Waals surface area (Å²) in [4.78, 5) is 18.4. The average Bonchev–Trinajstić information content (AvgIpc) is 2.34. The predicted molar refractivity (Wildman–Crippen MR) is 69.7 cm³/mol. The minimum atomic E-state index is -10.1. The Morgan fingerprint density at radius 1 is 1.36 bits per heavy atom. The van der Waals surface area contributed by atoms with Crippen molar-refractivity contribution in [2.75, 3.05) is 6.61 Å². The summed E-state index contributed by atoms with van der Waals surface area (Å²) in [6.45, 7) is 1.28. The molecule has 1 aromatic rings. The molecule has 1 rings (SSSR count). The fraction of sp³-hybridized carbons (Fsp3) is 0.300. The van der Waals surface area contributed by atoms with Crippen LogP contribution in [0, 0.1) is 10.1 Å². The highest BCUT2D eigenvalue weighted by Gasteiger charge is 2.66. The lowest BCUT2D eigenvalue weighted by atomic mass is 10.1. The van der Waals surface area contributed by atoms with Gasteiger partial charge in [-0.25, -0.2) is 0 Å². The van der Waals surface area contributed by atoms with E-state index in [9.17, 15) is 34.3 Å². The van der Waals surface area contributed by atoms with Crippen molar-refractivity contribution in [3.8, 4) is 0 Å². The standard InChI is InChI=1S/C10H9ClF5NO4S/c1-2-21-10(18)9(11)7-4-3-6(5-8(7)17(19)20)22(12,13,14,15)16/h3-5,9H,2H2,1H3/t9-/m0/s1. The Morgan fingerprint density at radius 3 is 2.32 bits per heavy atom. The van der Waals surface area contributed by atoms with Gasteiger partial charge in [0.2, 0.25) is 0 Å². The van der Waals surface area contributed by atoms with Gasteiger partial charge >= 0.3 is 16.2 Å². The highest BCUT2D eigenvalue weighted by Crippen LogP contribution is 3.02. The van der Waals surface area contributed by atoms with E-state index in [2.05, 4.69) is 4.74 Å². The van der Waals surface area contributed by atoms with Gasteiger partial charge in [-0.3, -0.25) is 14.9 Å². The Labute approximate surface area is 125 Å². The normalized spacial score (nSPS) is 16.3. The number of nitro benzene ring substituents is 1. The Kier molecular flexibility index (Phi) is 4.14. The first kappa shape index (κ1) is 18.4. The number of carbonyl (C=O) groups excluding carboxylic acids is 1. The fourth-order valence-electron chi connectivity index (χ4n) is 1.48. The van der Waals surface area contributed by atoms with Crippen LogP contribution in [0.5, 0.6) is 0 Å². The van der Waals surface area contributed by atoms with Gasteiger partial charge in [0.05, 0.1) is 17.1 Å². The maximum Gasteiger partial charge on any atom is 0.328 e. The van der Waals surface area contributed by atoms with Gasteiger partial charge in [-0.05, 0) is 19.1 Å². The largest absolute Gasteiger partial charge is 0.465 e. The predicted octanol–water partition coefficient (Wildman–Crippen LogP) is 5.10. The van der Waals surface area contributed by atoms with E-state index in [4.69, 9.17) is 11.6 Å². The minimum Gasteiger partial charge on any atom is -0.465 e. The molecule has 0 aliphatic carbocycles. The topological polar surface area (TPSA) is 69.4 Å². The summed E-state index contributed by atoms with van der Waals surface area (Å²) in [5.74, 6) is -1.15. The molecule has 1 aromatic carbocycles. The summed E-state index contributed by atoms with van der Waals surface area (Å²) in [5.41, 5.74) is -2.02. The van der Waals surface area contributed by atoms with Crippen LogP contribution in [-0.2, 0) is 9.53 Å². The lowest BCUT2D eigenvalue weighted by molar-refractivity contribution is -0.385. The highest BCUT2D eigenvalue weighted by atomic mass is 35.5. The zero-order chi connectivity index (χ0) is 17.4. The molecular weight excluding hydrogens is 361 g/mol.